The van der Waals surface area contributed by atoms with Gasteiger partial charge in [-0.15, -0.1) is 0 Å². The van der Waals surface area contributed by atoms with Gasteiger partial charge in [-0.05, 0) is 62.2 Å². The normalized spacial score (nSPS) is 19.0. The van der Waals surface area contributed by atoms with Gasteiger partial charge in [0.1, 0.15) is 0 Å². The van der Waals surface area contributed by atoms with Crippen LogP contribution in [-0.4, -0.2) is 50.2 Å². The Hall–Kier alpha value is -1.85. The smallest absolute Gasteiger partial charge is 0.238 e. The first-order valence-electron chi connectivity index (χ1n) is 9.41. The van der Waals surface area contributed by atoms with Crippen molar-refractivity contribution < 1.29 is 9.53 Å². The standard InChI is InChI=1S/C20H29N3O2/c24-20(15-23-11-3-1-2-4-12-23)22-19-9-7-18(8-10-19)21-14-17-6-5-13-25-16-17/h6-10,21H,1-5,11-16H2,(H,22,24). The fourth-order valence-electron chi connectivity index (χ4n) is 3.32. The monoisotopic (exact) mass is 343 g/mol. The molecule has 5 nitrogen and oxygen atoms in total. The summed E-state index contributed by atoms with van der Waals surface area (Å²) in [7, 11) is 0. The van der Waals surface area contributed by atoms with Crippen molar-refractivity contribution in [3.63, 3.8) is 0 Å². The predicted octanol–water partition coefficient (Wildman–Crippen LogP) is 3.26. The van der Waals surface area contributed by atoms with E-state index in [1.807, 2.05) is 24.3 Å². The third kappa shape index (κ3) is 6.18. The van der Waals surface area contributed by atoms with Crippen LogP contribution in [0.25, 0.3) is 0 Å². The minimum Gasteiger partial charge on any atom is -0.381 e. The largest absolute Gasteiger partial charge is 0.381 e. The molecule has 1 aromatic carbocycles. The van der Waals surface area contributed by atoms with E-state index in [9.17, 15) is 4.79 Å². The molecule has 1 saturated heterocycles. The Balaban J connectivity index is 1.43. The van der Waals surface area contributed by atoms with Gasteiger partial charge in [-0.2, -0.15) is 0 Å². The maximum Gasteiger partial charge on any atom is 0.238 e. The first-order valence-corrected chi connectivity index (χ1v) is 9.41. The second kappa shape index (κ2) is 9.59. The molecule has 136 valence electrons. The average Bonchev–Trinajstić information content (AvgIpc) is 2.90. The molecule has 0 atom stereocenters. The molecule has 0 aliphatic carbocycles. The highest BCUT2D eigenvalue weighted by atomic mass is 16.5. The molecule has 1 amide bonds. The molecule has 2 N–H and O–H groups in total. The molecule has 0 saturated carbocycles. The zero-order chi connectivity index (χ0) is 17.3. The molecular weight excluding hydrogens is 314 g/mol. The van der Waals surface area contributed by atoms with E-state index < -0.39 is 0 Å². The Morgan fingerprint density at radius 2 is 1.76 bits per heavy atom. The van der Waals surface area contributed by atoms with Gasteiger partial charge in [-0.1, -0.05) is 18.9 Å². The second-order valence-electron chi connectivity index (χ2n) is 6.87. The van der Waals surface area contributed by atoms with Crippen LogP contribution in [0.1, 0.15) is 32.1 Å². The number of hydrogen-bond acceptors (Lipinski definition) is 4. The van der Waals surface area contributed by atoms with Crippen molar-refractivity contribution in [2.45, 2.75) is 32.1 Å². The lowest BCUT2D eigenvalue weighted by Crippen LogP contribution is -2.33. The molecule has 2 heterocycles. The summed E-state index contributed by atoms with van der Waals surface area (Å²) < 4.78 is 5.44. The quantitative estimate of drug-likeness (QED) is 0.779. The lowest BCUT2D eigenvalue weighted by molar-refractivity contribution is -0.117. The fourth-order valence-corrected chi connectivity index (χ4v) is 3.32. The number of ether oxygens (including phenoxy) is 1. The number of carbonyl (C=O) groups excluding carboxylic acids is 1. The Labute approximate surface area is 150 Å². The summed E-state index contributed by atoms with van der Waals surface area (Å²) in [5.74, 6) is 0.0760. The number of rotatable bonds is 6. The molecule has 0 spiro atoms. The summed E-state index contributed by atoms with van der Waals surface area (Å²) in [5, 5.41) is 6.40. The van der Waals surface area contributed by atoms with Crippen LogP contribution in [-0.2, 0) is 9.53 Å². The van der Waals surface area contributed by atoms with Crippen LogP contribution < -0.4 is 10.6 Å². The van der Waals surface area contributed by atoms with Crippen LogP contribution in [0.4, 0.5) is 11.4 Å². The second-order valence-corrected chi connectivity index (χ2v) is 6.87. The Morgan fingerprint density at radius 1 is 1.04 bits per heavy atom. The summed E-state index contributed by atoms with van der Waals surface area (Å²) in [6.45, 7) is 4.92. The molecule has 0 radical (unpaired) electrons. The summed E-state index contributed by atoms with van der Waals surface area (Å²) in [6.07, 6.45) is 8.22. The highest BCUT2D eigenvalue weighted by molar-refractivity contribution is 5.92. The highest BCUT2D eigenvalue weighted by Gasteiger charge is 2.13. The number of carbonyl (C=O) groups is 1. The summed E-state index contributed by atoms with van der Waals surface area (Å²) in [6, 6.07) is 7.92. The van der Waals surface area contributed by atoms with Gasteiger partial charge >= 0.3 is 0 Å². The lowest BCUT2D eigenvalue weighted by Gasteiger charge is -2.19. The van der Waals surface area contributed by atoms with Crippen molar-refractivity contribution in [2.24, 2.45) is 0 Å². The predicted molar refractivity (Wildman–Crippen MR) is 102 cm³/mol. The van der Waals surface area contributed by atoms with Gasteiger partial charge < -0.3 is 15.4 Å². The number of benzene rings is 1. The zero-order valence-electron chi connectivity index (χ0n) is 14.9. The minimum absolute atomic E-state index is 0.0760. The molecule has 0 unspecified atom stereocenters. The maximum absolute atomic E-state index is 12.2. The van der Waals surface area contributed by atoms with E-state index in [4.69, 9.17) is 4.74 Å². The Bertz CT molecular complexity index is 575. The molecule has 2 aliphatic heterocycles. The number of hydrogen-bond donors (Lipinski definition) is 2. The van der Waals surface area contributed by atoms with E-state index in [0.29, 0.717) is 6.54 Å². The zero-order valence-corrected chi connectivity index (χ0v) is 14.9. The van der Waals surface area contributed by atoms with Gasteiger partial charge in [0.2, 0.25) is 5.91 Å². The Morgan fingerprint density at radius 3 is 2.44 bits per heavy atom. The van der Waals surface area contributed by atoms with Crippen molar-refractivity contribution in [1.29, 1.82) is 0 Å². The van der Waals surface area contributed by atoms with Gasteiger partial charge in [0.25, 0.3) is 0 Å². The van der Waals surface area contributed by atoms with E-state index >= 15 is 0 Å². The molecule has 25 heavy (non-hydrogen) atoms. The number of nitrogens with zero attached hydrogens (tertiary/aromatic N) is 1. The highest BCUT2D eigenvalue weighted by Crippen LogP contribution is 2.15. The molecular formula is C20H29N3O2. The molecule has 0 bridgehead atoms. The first kappa shape index (κ1) is 18.0. The van der Waals surface area contributed by atoms with E-state index in [1.165, 1.54) is 31.3 Å². The van der Waals surface area contributed by atoms with Gasteiger partial charge in [0.15, 0.2) is 0 Å². The molecule has 0 aromatic heterocycles. The van der Waals surface area contributed by atoms with Gasteiger partial charge in [0, 0.05) is 17.9 Å². The SMILES string of the molecule is O=C(CN1CCCCCC1)Nc1ccc(NCC2=CCCOC2)cc1. The van der Waals surface area contributed by atoms with Crippen LogP contribution in [0.15, 0.2) is 35.9 Å². The average molecular weight is 343 g/mol. The van der Waals surface area contributed by atoms with E-state index in [2.05, 4.69) is 21.6 Å². The van der Waals surface area contributed by atoms with E-state index in [1.54, 1.807) is 0 Å². The Kier molecular flexibility index (Phi) is 6.89. The topological polar surface area (TPSA) is 53.6 Å². The molecule has 3 rings (SSSR count). The molecule has 1 fully saturated rings. The number of likely N-dealkylation sites (tertiary alicyclic amines) is 1. The van der Waals surface area contributed by atoms with E-state index in [0.717, 1.165) is 50.6 Å². The summed E-state index contributed by atoms with van der Waals surface area (Å²) in [4.78, 5) is 14.5. The summed E-state index contributed by atoms with van der Waals surface area (Å²) in [5.41, 5.74) is 3.20. The first-order chi connectivity index (χ1) is 12.3. The number of anilines is 2. The van der Waals surface area contributed by atoms with Crippen molar-refractivity contribution in [2.75, 3.05) is 50.0 Å². The van der Waals surface area contributed by atoms with Crippen molar-refractivity contribution in [1.82, 2.24) is 4.90 Å². The van der Waals surface area contributed by atoms with Crippen LogP contribution in [0.2, 0.25) is 0 Å². The van der Waals surface area contributed by atoms with Gasteiger partial charge in [-0.3, -0.25) is 9.69 Å². The maximum atomic E-state index is 12.2. The summed E-state index contributed by atoms with van der Waals surface area (Å²) >= 11 is 0. The lowest BCUT2D eigenvalue weighted by atomic mass is 10.2. The third-order valence-electron chi connectivity index (χ3n) is 4.74. The van der Waals surface area contributed by atoms with Crippen molar-refractivity contribution in [3.05, 3.63) is 35.9 Å². The van der Waals surface area contributed by atoms with Crippen LogP contribution >= 0.6 is 0 Å². The third-order valence-corrected chi connectivity index (χ3v) is 4.74. The van der Waals surface area contributed by atoms with E-state index in [-0.39, 0.29) is 5.91 Å². The fraction of sp³-hybridized carbons (Fsp3) is 0.550. The van der Waals surface area contributed by atoms with Gasteiger partial charge in [-0.25, -0.2) is 0 Å². The van der Waals surface area contributed by atoms with Gasteiger partial charge in [0.05, 0.1) is 19.8 Å². The number of amides is 1. The molecule has 5 heteroatoms. The minimum atomic E-state index is 0.0760. The van der Waals surface area contributed by atoms with Crippen molar-refractivity contribution in [3.8, 4) is 0 Å². The van der Waals surface area contributed by atoms with Crippen LogP contribution in [0, 0.1) is 0 Å². The van der Waals surface area contributed by atoms with Crippen LogP contribution in [0.5, 0.6) is 0 Å². The number of nitrogens with one attached hydrogen (secondary N) is 2. The van der Waals surface area contributed by atoms with Crippen LogP contribution in [0.3, 0.4) is 0 Å². The molecule has 1 aromatic rings. The van der Waals surface area contributed by atoms with Crippen molar-refractivity contribution >= 4 is 17.3 Å². The molecule has 2 aliphatic rings.